The maximum atomic E-state index is 13.1. The number of anilines is 1. The molecule has 31 heavy (non-hydrogen) atoms. The molecule has 2 aromatic carbocycles. The Labute approximate surface area is 189 Å². The zero-order chi connectivity index (χ0) is 22.2. The number of aromatic carboxylic acids is 1. The Balaban J connectivity index is 1.72. The first-order valence-corrected chi connectivity index (χ1v) is 11.7. The summed E-state index contributed by atoms with van der Waals surface area (Å²) < 4.78 is 0. The first-order valence-electron chi connectivity index (χ1n) is 9.79. The van der Waals surface area contributed by atoms with Crippen LogP contribution in [0, 0.1) is 12.8 Å². The van der Waals surface area contributed by atoms with E-state index in [-0.39, 0.29) is 16.6 Å². The van der Waals surface area contributed by atoms with Crippen LogP contribution in [0.1, 0.15) is 26.4 Å². The number of amides is 1. The second-order valence-electron chi connectivity index (χ2n) is 7.10. The first-order chi connectivity index (χ1) is 14.9. The van der Waals surface area contributed by atoms with Crippen molar-refractivity contribution in [3.05, 3.63) is 87.6 Å². The monoisotopic (exact) mass is 453 g/mol. The van der Waals surface area contributed by atoms with Gasteiger partial charge in [-0.15, -0.1) is 11.3 Å². The second kappa shape index (κ2) is 10.9. The number of carbonyl (C=O) groups excluding carboxylic acids is 2. The second-order valence-corrected chi connectivity index (χ2v) is 9.21. The van der Waals surface area contributed by atoms with Gasteiger partial charge in [0.2, 0.25) is 5.91 Å². The van der Waals surface area contributed by atoms with Crippen LogP contribution >= 0.6 is 23.1 Å². The maximum Gasteiger partial charge on any atom is 0.336 e. The average molecular weight is 454 g/mol. The molecule has 0 radical (unpaired) electrons. The minimum atomic E-state index is -1.04. The molecule has 160 valence electrons. The Morgan fingerprint density at radius 2 is 1.81 bits per heavy atom. The van der Waals surface area contributed by atoms with Gasteiger partial charge in [-0.2, -0.15) is 0 Å². The molecule has 0 saturated carbocycles. The van der Waals surface area contributed by atoms with Gasteiger partial charge in [-0.05, 0) is 48.1 Å². The van der Waals surface area contributed by atoms with Crippen molar-refractivity contribution in [3.63, 3.8) is 0 Å². The van der Waals surface area contributed by atoms with Crippen LogP contribution in [0.15, 0.2) is 66.0 Å². The van der Waals surface area contributed by atoms with E-state index in [1.165, 1.54) is 17.8 Å². The molecule has 2 N–H and O–H groups in total. The SMILES string of the molecule is Cc1c(NC(=O)C(CSC(=O)Cc2cccs2)Cc2ccccc2)cccc1C(=O)O. The quantitative estimate of drug-likeness (QED) is 0.473. The highest BCUT2D eigenvalue weighted by molar-refractivity contribution is 8.13. The molecule has 0 aliphatic rings. The van der Waals surface area contributed by atoms with E-state index in [0.717, 1.165) is 10.4 Å². The summed E-state index contributed by atoms with van der Waals surface area (Å²) in [5, 5.41) is 14.2. The summed E-state index contributed by atoms with van der Waals surface area (Å²) in [4.78, 5) is 37.9. The van der Waals surface area contributed by atoms with E-state index in [1.807, 2.05) is 47.8 Å². The summed E-state index contributed by atoms with van der Waals surface area (Å²) in [6, 6.07) is 18.3. The van der Waals surface area contributed by atoms with E-state index in [4.69, 9.17) is 0 Å². The number of benzene rings is 2. The molecule has 1 unspecified atom stereocenters. The van der Waals surface area contributed by atoms with Gasteiger partial charge in [-0.25, -0.2) is 4.79 Å². The number of hydrogen-bond donors (Lipinski definition) is 2. The molecule has 0 bridgehead atoms. The summed E-state index contributed by atoms with van der Waals surface area (Å²) in [7, 11) is 0. The number of nitrogens with one attached hydrogen (secondary N) is 1. The van der Waals surface area contributed by atoms with Crippen LogP contribution in [-0.4, -0.2) is 27.9 Å². The summed E-state index contributed by atoms with van der Waals surface area (Å²) in [6.07, 6.45) is 0.839. The standard InChI is InChI=1S/C24H23NO4S2/c1-16-20(24(28)29)10-5-11-21(16)25-23(27)18(13-17-7-3-2-4-8-17)15-31-22(26)14-19-9-6-12-30-19/h2-12,18H,13-15H2,1H3,(H,25,27)(H,28,29). The topological polar surface area (TPSA) is 83.5 Å². The molecule has 0 aliphatic carbocycles. The molecule has 0 fully saturated rings. The molecule has 0 saturated heterocycles. The smallest absolute Gasteiger partial charge is 0.336 e. The van der Waals surface area contributed by atoms with Gasteiger partial charge in [-0.1, -0.05) is 54.2 Å². The fraction of sp³-hybridized carbons (Fsp3) is 0.208. The third-order valence-corrected chi connectivity index (χ3v) is 6.77. The molecule has 1 heterocycles. The van der Waals surface area contributed by atoms with Gasteiger partial charge >= 0.3 is 5.97 Å². The molecule has 0 spiro atoms. The minimum Gasteiger partial charge on any atom is -0.478 e. The Kier molecular flexibility index (Phi) is 8.03. The molecule has 3 rings (SSSR count). The Hall–Kier alpha value is -2.90. The molecule has 3 aromatic rings. The van der Waals surface area contributed by atoms with Gasteiger partial charge in [0.25, 0.3) is 0 Å². The van der Waals surface area contributed by atoms with Crippen LogP contribution in [-0.2, 0) is 22.4 Å². The lowest BCUT2D eigenvalue weighted by Gasteiger charge is -2.18. The lowest BCUT2D eigenvalue weighted by molar-refractivity contribution is -0.119. The highest BCUT2D eigenvalue weighted by atomic mass is 32.2. The molecular weight excluding hydrogens is 430 g/mol. The number of carboxylic acid groups (broad SMARTS) is 1. The third-order valence-electron chi connectivity index (χ3n) is 4.86. The van der Waals surface area contributed by atoms with E-state index < -0.39 is 11.9 Å². The normalized spacial score (nSPS) is 11.6. The maximum absolute atomic E-state index is 13.1. The van der Waals surface area contributed by atoms with E-state index >= 15 is 0 Å². The summed E-state index contributed by atoms with van der Waals surface area (Å²) in [5.41, 5.74) is 2.13. The fourth-order valence-corrected chi connectivity index (χ4v) is 4.87. The number of thioether (sulfide) groups is 1. The number of thiophene rings is 1. The predicted molar refractivity (Wildman–Crippen MR) is 126 cm³/mol. The van der Waals surface area contributed by atoms with Crippen LogP contribution in [0.4, 0.5) is 5.69 Å². The van der Waals surface area contributed by atoms with E-state index in [1.54, 1.807) is 30.4 Å². The molecule has 1 aromatic heterocycles. The van der Waals surface area contributed by atoms with Gasteiger partial charge in [0.1, 0.15) is 0 Å². The number of carboxylic acids is 1. The van der Waals surface area contributed by atoms with E-state index in [2.05, 4.69) is 5.32 Å². The Morgan fingerprint density at radius 3 is 2.48 bits per heavy atom. The van der Waals surface area contributed by atoms with Crippen LogP contribution in [0.2, 0.25) is 0 Å². The Morgan fingerprint density at radius 1 is 1.03 bits per heavy atom. The van der Waals surface area contributed by atoms with E-state index in [0.29, 0.717) is 29.8 Å². The number of rotatable bonds is 9. The minimum absolute atomic E-state index is 0.0253. The first kappa shape index (κ1) is 22.8. The Bertz CT molecular complexity index is 1050. The van der Waals surface area contributed by atoms with Crippen molar-refractivity contribution in [2.24, 2.45) is 5.92 Å². The van der Waals surface area contributed by atoms with Crippen molar-refractivity contribution in [2.75, 3.05) is 11.1 Å². The van der Waals surface area contributed by atoms with Crippen LogP contribution in [0.5, 0.6) is 0 Å². The molecule has 5 nitrogen and oxygen atoms in total. The molecule has 1 amide bonds. The van der Waals surface area contributed by atoms with Gasteiger partial charge in [0.05, 0.1) is 17.9 Å². The zero-order valence-electron chi connectivity index (χ0n) is 17.0. The molecule has 7 heteroatoms. The summed E-state index contributed by atoms with van der Waals surface area (Å²) >= 11 is 2.71. The van der Waals surface area contributed by atoms with Crippen molar-refractivity contribution in [2.45, 2.75) is 19.8 Å². The average Bonchev–Trinajstić information content (AvgIpc) is 3.26. The highest BCUT2D eigenvalue weighted by Crippen LogP contribution is 2.23. The third kappa shape index (κ3) is 6.54. The molecule has 0 aliphatic heterocycles. The van der Waals surface area contributed by atoms with Gasteiger partial charge < -0.3 is 10.4 Å². The van der Waals surface area contributed by atoms with Crippen molar-refractivity contribution in [1.82, 2.24) is 0 Å². The van der Waals surface area contributed by atoms with Crippen molar-refractivity contribution < 1.29 is 19.5 Å². The largest absolute Gasteiger partial charge is 0.478 e. The lowest BCUT2D eigenvalue weighted by atomic mass is 9.99. The van der Waals surface area contributed by atoms with E-state index in [9.17, 15) is 19.5 Å². The lowest BCUT2D eigenvalue weighted by Crippen LogP contribution is -2.27. The number of hydrogen-bond acceptors (Lipinski definition) is 5. The predicted octanol–water partition coefficient (Wildman–Crippen LogP) is 5.05. The number of carbonyl (C=O) groups is 3. The van der Waals surface area contributed by atoms with Crippen LogP contribution in [0.25, 0.3) is 0 Å². The molecular formula is C24H23NO4S2. The van der Waals surface area contributed by atoms with Crippen molar-refractivity contribution in [3.8, 4) is 0 Å². The summed E-state index contributed by atoms with van der Waals surface area (Å²) in [5.74, 6) is -1.36. The van der Waals surface area contributed by atoms with Crippen LogP contribution in [0.3, 0.4) is 0 Å². The fourth-order valence-electron chi connectivity index (χ4n) is 3.16. The van der Waals surface area contributed by atoms with Gasteiger partial charge in [0, 0.05) is 16.3 Å². The highest BCUT2D eigenvalue weighted by Gasteiger charge is 2.22. The van der Waals surface area contributed by atoms with Gasteiger partial charge in [0.15, 0.2) is 5.12 Å². The van der Waals surface area contributed by atoms with Gasteiger partial charge in [-0.3, -0.25) is 9.59 Å². The zero-order valence-corrected chi connectivity index (χ0v) is 18.7. The van der Waals surface area contributed by atoms with Crippen LogP contribution < -0.4 is 5.32 Å². The van der Waals surface area contributed by atoms with Crippen molar-refractivity contribution in [1.29, 1.82) is 0 Å². The summed E-state index contributed by atoms with van der Waals surface area (Å²) in [6.45, 7) is 1.67. The van der Waals surface area contributed by atoms with Crippen molar-refractivity contribution >= 4 is 45.8 Å². The molecule has 1 atom stereocenters.